The Morgan fingerprint density at radius 3 is 2.60 bits per heavy atom. The largest absolute Gasteiger partial charge is 0.481 e. The summed E-state index contributed by atoms with van der Waals surface area (Å²) in [5.74, 6) is -2.27. The third-order valence-electron chi connectivity index (χ3n) is 2.85. The summed E-state index contributed by atoms with van der Waals surface area (Å²) in [4.78, 5) is 27.2. The van der Waals surface area contributed by atoms with Gasteiger partial charge in [-0.3, -0.25) is 9.59 Å². The van der Waals surface area contributed by atoms with Gasteiger partial charge in [-0.25, -0.2) is 4.98 Å². The highest BCUT2D eigenvalue weighted by atomic mass is 16.5. The Balaban J connectivity index is 2.72. The van der Waals surface area contributed by atoms with E-state index >= 15 is 0 Å². The SMILES string of the molecule is COc1cc(CNC(=O)C(C(=O)O)C(C)(C)C)ccn1. The average molecular weight is 280 g/mol. The number of pyridine rings is 1. The van der Waals surface area contributed by atoms with E-state index in [9.17, 15) is 9.59 Å². The molecule has 0 saturated carbocycles. The predicted octanol–water partition coefficient (Wildman–Crippen LogP) is 1.45. The Morgan fingerprint density at radius 2 is 2.10 bits per heavy atom. The lowest BCUT2D eigenvalue weighted by Gasteiger charge is -2.25. The van der Waals surface area contributed by atoms with Gasteiger partial charge in [0.25, 0.3) is 0 Å². The number of aromatic nitrogens is 1. The zero-order valence-electron chi connectivity index (χ0n) is 12.1. The second kappa shape index (κ2) is 6.36. The maximum Gasteiger partial charge on any atom is 0.316 e. The molecule has 6 nitrogen and oxygen atoms in total. The highest BCUT2D eigenvalue weighted by Crippen LogP contribution is 2.26. The fourth-order valence-corrected chi connectivity index (χ4v) is 1.84. The van der Waals surface area contributed by atoms with Crippen LogP contribution < -0.4 is 10.1 Å². The molecule has 0 aliphatic rings. The Hall–Kier alpha value is -2.11. The molecule has 6 heteroatoms. The number of carboxylic acids is 1. The molecule has 1 rings (SSSR count). The summed E-state index contributed by atoms with van der Waals surface area (Å²) in [5.41, 5.74) is 0.148. The molecule has 0 aliphatic carbocycles. The number of aliphatic carboxylic acids is 1. The first-order valence-electron chi connectivity index (χ1n) is 6.25. The van der Waals surface area contributed by atoms with Gasteiger partial charge in [-0.15, -0.1) is 0 Å². The van der Waals surface area contributed by atoms with Gasteiger partial charge in [0, 0.05) is 18.8 Å². The van der Waals surface area contributed by atoms with E-state index in [0.29, 0.717) is 5.88 Å². The average Bonchev–Trinajstić information content (AvgIpc) is 2.34. The van der Waals surface area contributed by atoms with Crippen LogP contribution in [0.4, 0.5) is 0 Å². The van der Waals surface area contributed by atoms with Gasteiger partial charge in [0.1, 0.15) is 5.92 Å². The molecule has 1 unspecified atom stereocenters. The van der Waals surface area contributed by atoms with E-state index in [-0.39, 0.29) is 6.54 Å². The minimum atomic E-state index is -1.12. The lowest BCUT2D eigenvalue weighted by atomic mass is 9.80. The highest BCUT2D eigenvalue weighted by molar-refractivity contribution is 5.97. The number of carbonyl (C=O) groups is 2. The standard InChI is InChI=1S/C14H20N2O4/c1-14(2,3)11(13(18)19)12(17)16-8-9-5-6-15-10(7-9)20-4/h5-7,11H,8H2,1-4H3,(H,16,17)(H,18,19). The quantitative estimate of drug-likeness (QED) is 0.797. The number of carboxylic acid groups (broad SMARTS) is 1. The van der Waals surface area contributed by atoms with Crippen molar-refractivity contribution in [3.63, 3.8) is 0 Å². The molecule has 1 aromatic rings. The van der Waals surface area contributed by atoms with Crippen LogP contribution in [-0.2, 0) is 16.1 Å². The van der Waals surface area contributed by atoms with Crippen molar-refractivity contribution in [1.29, 1.82) is 0 Å². The van der Waals surface area contributed by atoms with Gasteiger partial charge in [0.2, 0.25) is 11.8 Å². The summed E-state index contributed by atoms with van der Waals surface area (Å²) in [6, 6.07) is 3.42. The number of hydrogen-bond donors (Lipinski definition) is 2. The second-order valence-corrected chi connectivity index (χ2v) is 5.56. The number of hydrogen-bond acceptors (Lipinski definition) is 4. The van der Waals surface area contributed by atoms with E-state index in [1.807, 2.05) is 0 Å². The molecule has 0 saturated heterocycles. The van der Waals surface area contributed by atoms with Crippen molar-refractivity contribution in [2.45, 2.75) is 27.3 Å². The van der Waals surface area contributed by atoms with E-state index in [1.54, 1.807) is 39.1 Å². The smallest absolute Gasteiger partial charge is 0.316 e. The molecule has 1 aromatic heterocycles. The van der Waals surface area contributed by atoms with E-state index in [2.05, 4.69) is 10.3 Å². The molecule has 0 aliphatic heterocycles. The van der Waals surface area contributed by atoms with E-state index in [1.165, 1.54) is 7.11 Å². The van der Waals surface area contributed by atoms with E-state index in [4.69, 9.17) is 9.84 Å². The van der Waals surface area contributed by atoms with Gasteiger partial charge in [0.05, 0.1) is 7.11 Å². The monoisotopic (exact) mass is 280 g/mol. The third-order valence-corrected chi connectivity index (χ3v) is 2.85. The summed E-state index contributed by atoms with van der Waals surface area (Å²) in [5, 5.41) is 11.8. The van der Waals surface area contributed by atoms with Crippen LogP contribution in [-0.4, -0.2) is 29.1 Å². The van der Waals surface area contributed by atoms with Gasteiger partial charge >= 0.3 is 5.97 Å². The Labute approximate surface area is 118 Å². The first-order valence-corrected chi connectivity index (χ1v) is 6.25. The first kappa shape index (κ1) is 15.9. The molecule has 0 aromatic carbocycles. The molecule has 110 valence electrons. The van der Waals surface area contributed by atoms with Crippen LogP contribution in [0.2, 0.25) is 0 Å². The van der Waals surface area contributed by atoms with Crippen LogP contribution >= 0.6 is 0 Å². The van der Waals surface area contributed by atoms with Crippen molar-refractivity contribution >= 4 is 11.9 Å². The van der Waals surface area contributed by atoms with E-state index < -0.39 is 23.2 Å². The molecule has 0 spiro atoms. The second-order valence-electron chi connectivity index (χ2n) is 5.56. The fraction of sp³-hybridized carbons (Fsp3) is 0.500. The van der Waals surface area contributed by atoms with Gasteiger partial charge in [-0.05, 0) is 17.0 Å². The lowest BCUT2D eigenvalue weighted by molar-refractivity contribution is -0.151. The number of nitrogens with zero attached hydrogens (tertiary/aromatic N) is 1. The van der Waals surface area contributed by atoms with Crippen molar-refractivity contribution < 1.29 is 19.4 Å². The molecule has 1 atom stereocenters. The highest BCUT2D eigenvalue weighted by Gasteiger charge is 2.37. The summed E-state index contributed by atoms with van der Waals surface area (Å²) in [7, 11) is 1.50. The van der Waals surface area contributed by atoms with Crippen LogP contribution in [0.1, 0.15) is 26.3 Å². The number of amides is 1. The topological polar surface area (TPSA) is 88.5 Å². The van der Waals surface area contributed by atoms with Crippen LogP contribution in [0.25, 0.3) is 0 Å². The number of carbonyl (C=O) groups excluding carboxylic acids is 1. The maximum absolute atomic E-state index is 12.0. The van der Waals surface area contributed by atoms with Crippen LogP contribution in [0.3, 0.4) is 0 Å². The molecule has 1 amide bonds. The van der Waals surface area contributed by atoms with Crippen molar-refractivity contribution in [1.82, 2.24) is 10.3 Å². The van der Waals surface area contributed by atoms with Crippen molar-refractivity contribution in [2.75, 3.05) is 7.11 Å². The van der Waals surface area contributed by atoms with Crippen LogP contribution in [0, 0.1) is 11.3 Å². The Bertz CT molecular complexity index is 494. The summed E-state index contributed by atoms with van der Waals surface area (Å²) in [6.07, 6.45) is 1.57. The number of ether oxygens (including phenoxy) is 1. The molecule has 0 fully saturated rings. The Morgan fingerprint density at radius 1 is 1.45 bits per heavy atom. The first-order chi connectivity index (χ1) is 9.25. The zero-order valence-corrected chi connectivity index (χ0v) is 12.1. The lowest BCUT2D eigenvalue weighted by Crippen LogP contribution is -2.42. The minimum Gasteiger partial charge on any atom is -0.481 e. The van der Waals surface area contributed by atoms with Gasteiger partial charge in [-0.2, -0.15) is 0 Å². The molecular formula is C14H20N2O4. The molecule has 0 bridgehead atoms. The fourth-order valence-electron chi connectivity index (χ4n) is 1.84. The molecule has 1 heterocycles. The van der Waals surface area contributed by atoms with E-state index in [0.717, 1.165) is 5.56 Å². The van der Waals surface area contributed by atoms with Gasteiger partial charge < -0.3 is 15.2 Å². The molecule has 0 radical (unpaired) electrons. The predicted molar refractivity (Wildman–Crippen MR) is 73.2 cm³/mol. The van der Waals surface area contributed by atoms with Crippen molar-refractivity contribution in [3.8, 4) is 5.88 Å². The minimum absolute atomic E-state index is 0.234. The van der Waals surface area contributed by atoms with Crippen LogP contribution in [0.5, 0.6) is 5.88 Å². The number of methoxy groups -OCH3 is 1. The van der Waals surface area contributed by atoms with Crippen molar-refractivity contribution in [2.24, 2.45) is 11.3 Å². The molecule has 2 N–H and O–H groups in total. The zero-order chi connectivity index (χ0) is 15.3. The van der Waals surface area contributed by atoms with Gasteiger partial charge in [0.15, 0.2) is 0 Å². The van der Waals surface area contributed by atoms with Gasteiger partial charge in [-0.1, -0.05) is 20.8 Å². The summed E-state index contributed by atoms with van der Waals surface area (Å²) >= 11 is 0. The molecular weight excluding hydrogens is 260 g/mol. The van der Waals surface area contributed by atoms with Crippen LogP contribution in [0.15, 0.2) is 18.3 Å². The summed E-state index contributed by atoms with van der Waals surface area (Å²) in [6.45, 7) is 5.40. The number of nitrogens with one attached hydrogen (secondary N) is 1. The molecule has 20 heavy (non-hydrogen) atoms. The summed E-state index contributed by atoms with van der Waals surface area (Å²) < 4.78 is 4.98. The normalized spacial score (nSPS) is 12.6. The third kappa shape index (κ3) is 4.22. The number of rotatable bonds is 5. The maximum atomic E-state index is 12.0. The Kier molecular flexibility index (Phi) is 5.07. The van der Waals surface area contributed by atoms with Crippen molar-refractivity contribution in [3.05, 3.63) is 23.9 Å².